The largest absolute Gasteiger partial charge is 0.348 e. The van der Waals surface area contributed by atoms with Gasteiger partial charge in [-0.1, -0.05) is 6.07 Å². The fourth-order valence-electron chi connectivity index (χ4n) is 2.34. The standard InChI is InChI=1S/C15H15BrN2O2S2/c1-10-7-12-8-11(3-4-13(12)18(10)2)9-17-22(19,20)15-6-5-14(16)21-15/h3-8,17H,9H2,1-2H3. The topological polar surface area (TPSA) is 51.1 Å². The van der Waals surface area contributed by atoms with Crippen LogP contribution in [0.2, 0.25) is 0 Å². The summed E-state index contributed by atoms with van der Waals surface area (Å²) in [7, 11) is -1.44. The van der Waals surface area contributed by atoms with E-state index in [2.05, 4.69) is 38.2 Å². The maximum absolute atomic E-state index is 12.2. The molecule has 0 radical (unpaired) electrons. The highest BCUT2D eigenvalue weighted by Gasteiger charge is 2.16. The number of thiophene rings is 1. The number of benzene rings is 1. The molecule has 0 amide bonds. The van der Waals surface area contributed by atoms with E-state index in [-0.39, 0.29) is 6.54 Å². The number of hydrogen-bond acceptors (Lipinski definition) is 3. The van der Waals surface area contributed by atoms with Crippen molar-refractivity contribution in [3.63, 3.8) is 0 Å². The highest BCUT2D eigenvalue weighted by Crippen LogP contribution is 2.26. The van der Waals surface area contributed by atoms with Gasteiger partial charge < -0.3 is 4.57 Å². The molecule has 0 aliphatic heterocycles. The Labute approximate surface area is 142 Å². The summed E-state index contributed by atoms with van der Waals surface area (Å²) in [6, 6.07) is 11.4. The van der Waals surface area contributed by atoms with E-state index in [1.807, 2.05) is 25.2 Å². The number of sulfonamides is 1. The van der Waals surface area contributed by atoms with Crippen molar-refractivity contribution in [3.8, 4) is 0 Å². The van der Waals surface area contributed by atoms with Gasteiger partial charge in [0.05, 0.1) is 3.79 Å². The Kier molecular flexibility index (Phi) is 4.15. The summed E-state index contributed by atoms with van der Waals surface area (Å²) >= 11 is 4.48. The third kappa shape index (κ3) is 2.99. The first-order valence-electron chi connectivity index (χ1n) is 6.67. The minimum Gasteiger partial charge on any atom is -0.348 e. The van der Waals surface area contributed by atoms with Crippen LogP contribution in [0.1, 0.15) is 11.3 Å². The zero-order chi connectivity index (χ0) is 15.9. The summed E-state index contributed by atoms with van der Waals surface area (Å²) in [5.74, 6) is 0. The van der Waals surface area contributed by atoms with E-state index in [1.54, 1.807) is 12.1 Å². The fraction of sp³-hybridized carbons (Fsp3) is 0.200. The molecular weight excluding hydrogens is 384 g/mol. The first kappa shape index (κ1) is 15.7. The van der Waals surface area contributed by atoms with E-state index in [4.69, 9.17) is 0 Å². The highest BCUT2D eigenvalue weighted by atomic mass is 79.9. The molecule has 0 saturated carbocycles. The highest BCUT2D eigenvalue weighted by molar-refractivity contribution is 9.11. The van der Waals surface area contributed by atoms with Crippen molar-refractivity contribution in [2.75, 3.05) is 0 Å². The first-order chi connectivity index (χ1) is 10.4. The van der Waals surface area contributed by atoms with Gasteiger partial charge in [0.25, 0.3) is 0 Å². The van der Waals surface area contributed by atoms with Crippen LogP contribution in [-0.2, 0) is 23.6 Å². The Morgan fingerprint density at radius 1 is 1.23 bits per heavy atom. The van der Waals surface area contributed by atoms with Crippen LogP contribution in [0.5, 0.6) is 0 Å². The number of aryl methyl sites for hydroxylation is 2. The summed E-state index contributed by atoms with van der Waals surface area (Å²) < 4.78 is 30.3. The number of fused-ring (bicyclic) bond motifs is 1. The van der Waals surface area contributed by atoms with Crippen LogP contribution >= 0.6 is 27.3 Å². The van der Waals surface area contributed by atoms with Gasteiger partial charge in [0.15, 0.2) is 0 Å². The molecule has 22 heavy (non-hydrogen) atoms. The van der Waals surface area contributed by atoms with Gasteiger partial charge >= 0.3 is 0 Å². The predicted octanol–water partition coefficient (Wildman–Crippen LogP) is 3.79. The minimum atomic E-state index is -3.46. The fourth-order valence-corrected chi connectivity index (χ4v) is 5.41. The Balaban J connectivity index is 1.82. The van der Waals surface area contributed by atoms with Crippen LogP contribution in [0.4, 0.5) is 0 Å². The molecule has 1 aromatic carbocycles. The molecule has 0 saturated heterocycles. The van der Waals surface area contributed by atoms with Crippen LogP contribution in [0.25, 0.3) is 10.9 Å². The SMILES string of the molecule is Cc1cc2cc(CNS(=O)(=O)c3ccc(Br)s3)ccc2n1C. The summed E-state index contributed by atoms with van der Waals surface area (Å²) in [6.07, 6.45) is 0. The zero-order valence-electron chi connectivity index (χ0n) is 12.1. The second-order valence-corrected chi connectivity index (χ2v) is 9.58. The molecular formula is C15H15BrN2O2S2. The number of aromatic nitrogens is 1. The van der Waals surface area contributed by atoms with Crippen molar-refractivity contribution < 1.29 is 8.42 Å². The van der Waals surface area contributed by atoms with Crippen LogP contribution in [-0.4, -0.2) is 13.0 Å². The van der Waals surface area contributed by atoms with Gasteiger partial charge in [-0.3, -0.25) is 0 Å². The van der Waals surface area contributed by atoms with E-state index in [1.165, 1.54) is 17.0 Å². The van der Waals surface area contributed by atoms with Crippen LogP contribution in [0, 0.1) is 6.92 Å². The molecule has 0 atom stereocenters. The summed E-state index contributed by atoms with van der Waals surface area (Å²) in [6.45, 7) is 2.33. The Bertz CT molecular complexity index is 942. The Morgan fingerprint density at radius 2 is 2.00 bits per heavy atom. The van der Waals surface area contributed by atoms with Crippen molar-refractivity contribution in [3.05, 3.63) is 51.4 Å². The van der Waals surface area contributed by atoms with E-state index >= 15 is 0 Å². The molecule has 116 valence electrons. The molecule has 7 heteroatoms. The monoisotopic (exact) mass is 398 g/mol. The van der Waals surface area contributed by atoms with E-state index in [0.717, 1.165) is 20.3 Å². The van der Waals surface area contributed by atoms with Gasteiger partial charge in [0.2, 0.25) is 10.0 Å². The van der Waals surface area contributed by atoms with E-state index in [9.17, 15) is 8.42 Å². The third-order valence-corrected chi connectivity index (χ3v) is 7.14. The number of nitrogens with one attached hydrogen (secondary N) is 1. The molecule has 2 heterocycles. The Morgan fingerprint density at radius 3 is 2.68 bits per heavy atom. The third-order valence-electron chi connectivity index (χ3n) is 3.63. The predicted molar refractivity (Wildman–Crippen MR) is 93.7 cm³/mol. The summed E-state index contributed by atoms with van der Waals surface area (Å²) in [5, 5.41) is 1.12. The van der Waals surface area contributed by atoms with Crippen molar-refractivity contribution in [1.29, 1.82) is 0 Å². The summed E-state index contributed by atoms with van der Waals surface area (Å²) in [5.41, 5.74) is 3.26. The second-order valence-electron chi connectivity index (χ2n) is 5.12. The van der Waals surface area contributed by atoms with Gasteiger partial charge in [-0.05, 0) is 58.7 Å². The van der Waals surface area contributed by atoms with Crippen LogP contribution in [0.15, 0.2) is 44.4 Å². The molecule has 0 unspecified atom stereocenters. The van der Waals surface area contributed by atoms with Crippen molar-refractivity contribution >= 4 is 48.2 Å². The first-order valence-corrected chi connectivity index (χ1v) is 9.76. The van der Waals surface area contributed by atoms with Crippen LogP contribution < -0.4 is 4.72 Å². The molecule has 0 aliphatic rings. The van der Waals surface area contributed by atoms with Crippen molar-refractivity contribution in [2.45, 2.75) is 17.7 Å². The number of hydrogen-bond donors (Lipinski definition) is 1. The van der Waals surface area contributed by atoms with Gasteiger partial charge in [-0.15, -0.1) is 11.3 Å². The van der Waals surface area contributed by atoms with Gasteiger partial charge in [0, 0.05) is 30.2 Å². The average molecular weight is 399 g/mol. The number of halogens is 1. The van der Waals surface area contributed by atoms with Crippen molar-refractivity contribution in [1.82, 2.24) is 9.29 Å². The molecule has 0 aliphatic carbocycles. The lowest BCUT2D eigenvalue weighted by Gasteiger charge is -2.06. The molecule has 1 N–H and O–H groups in total. The Hall–Kier alpha value is -1.15. The maximum Gasteiger partial charge on any atom is 0.250 e. The molecule has 0 bridgehead atoms. The second kappa shape index (κ2) is 5.81. The minimum absolute atomic E-state index is 0.279. The number of nitrogens with zero attached hydrogens (tertiary/aromatic N) is 1. The quantitative estimate of drug-likeness (QED) is 0.726. The molecule has 0 fully saturated rings. The lowest BCUT2D eigenvalue weighted by molar-refractivity contribution is 0.583. The number of rotatable bonds is 4. The van der Waals surface area contributed by atoms with Crippen molar-refractivity contribution in [2.24, 2.45) is 7.05 Å². The maximum atomic E-state index is 12.2. The zero-order valence-corrected chi connectivity index (χ0v) is 15.3. The average Bonchev–Trinajstić information content (AvgIpc) is 3.02. The van der Waals surface area contributed by atoms with Crippen LogP contribution in [0.3, 0.4) is 0 Å². The lowest BCUT2D eigenvalue weighted by Crippen LogP contribution is -2.22. The van der Waals surface area contributed by atoms with E-state index in [0.29, 0.717) is 4.21 Å². The van der Waals surface area contributed by atoms with E-state index < -0.39 is 10.0 Å². The van der Waals surface area contributed by atoms with Gasteiger partial charge in [-0.25, -0.2) is 13.1 Å². The van der Waals surface area contributed by atoms with Gasteiger partial charge in [0.1, 0.15) is 4.21 Å². The lowest BCUT2D eigenvalue weighted by atomic mass is 10.1. The molecule has 3 aromatic rings. The summed E-state index contributed by atoms with van der Waals surface area (Å²) in [4.78, 5) is 0. The molecule has 3 rings (SSSR count). The molecule has 0 spiro atoms. The molecule has 2 aromatic heterocycles. The van der Waals surface area contributed by atoms with Gasteiger partial charge in [-0.2, -0.15) is 0 Å². The smallest absolute Gasteiger partial charge is 0.250 e. The molecule has 4 nitrogen and oxygen atoms in total. The normalized spacial score (nSPS) is 12.1.